The number of rotatable bonds is 6. The maximum atomic E-state index is 15.2. The molecule has 4 aliphatic rings. The normalized spacial score (nSPS) is 30.3. The summed E-state index contributed by atoms with van der Waals surface area (Å²) in [7, 11) is 0. The molecule has 9 heteroatoms. The third-order valence-electron chi connectivity index (χ3n) is 10.9. The Kier molecular flexibility index (Phi) is 7.62. The Morgan fingerprint density at radius 3 is 2.36 bits per heavy atom. The van der Waals surface area contributed by atoms with Gasteiger partial charge < -0.3 is 10.4 Å². The fourth-order valence-electron chi connectivity index (χ4n) is 8.65. The van der Waals surface area contributed by atoms with Crippen molar-refractivity contribution in [1.29, 1.82) is 0 Å². The topological polar surface area (TPSA) is 66.4 Å². The smallest absolute Gasteiger partial charge is 0.383 e. The molecule has 0 aliphatic heterocycles. The molecular weight excluding hydrogens is 577 g/mol. The molecule has 0 heterocycles. The first kappa shape index (κ1) is 30.7. The highest BCUT2D eigenvalue weighted by Crippen LogP contribution is 2.70. The van der Waals surface area contributed by atoms with Crippen molar-refractivity contribution in [2.45, 2.75) is 81.9 Å². The molecule has 0 spiro atoms. The molecule has 2 aromatic rings. The first-order valence-electron chi connectivity index (χ1n) is 15.3. The van der Waals surface area contributed by atoms with Gasteiger partial charge in [-0.2, -0.15) is 22.0 Å². The fourth-order valence-corrected chi connectivity index (χ4v) is 8.65. The molecule has 0 saturated heterocycles. The molecule has 2 fully saturated rings. The van der Waals surface area contributed by atoms with E-state index in [1.165, 1.54) is 6.92 Å². The number of halogens is 5. The number of ketones is 1. The van der Waals surface area contributed by atoms with Gasteiger partial charge in [0.2, 0.25) is 0 Å². The number of hydrogen-bond donors (Lipinski definition) is 2. The zero-order chi connectivity index (χ0) is 31.5. The standard InChI is InChI=1S/C35H36F5NO3/c1-32-20-28(22-7-9-23(10-8-22)31(43)41-18-16-21-5-3-2-4-6-21)30-26-14-12-25(42)19-24(26)11-13-27(30)29(32)15-17-33(32,44)34(36,37)35(38,39)40/h2-10,19,27-29,44H,11-18,20H2,1H3,(H,41,43)/t27?,28-,29+,32?,33+/m1/s1. The van der Waals surface area contributed by atoms with E-state index >= 15 is 8.78 Å². The molecule has 234 valence electrons. The molecule has 0 bridgehead atoms. The van der Waals surface area contributed by atoms with E-state index in [2.05, 4.69) is 5.32 Å². The molecule has 2 aromatic carbocycles. The number of alkyl halides is 5. The van der Waals surface area contributed by atoms with Crippen LogP contribution in [0.2, 0.25) is 0 Å². The molecule has 1 amide bonds. The van der Waals surface area contributed by atoms with Gasteiger partial charge in [0.1, 0.15) is 5.60 Å². The van der Waals surface area contributed by atoms with Gasteiger partial charge in [0, 0.05) is 29.9 Å². The predicted molar refractivity (Wildman–Crippen MR) is 155 cm³/mol. The summed E-state index contributed by atoms with van der Waals surface area (Å²) < 4.78 is 71.7. The summed E-state index contributed by atoms with van der Waals surface area (Å²) in [6, 6.07) is 16.5. The van der Waals surface area contributed by atoms with E-state index in [0.29, 0.717) is 49.8 Å². The van der Waals surface area contributed by atoms with Gasteiger partial charge in [-0.3, -0.25) is 9.59 Å². The molecule has 2 saturated carbocycles. The van der Waals surface area contributed by atoms with Gasteiger partial charge in [0.05, 0.1) is 0 Å². The molecule has 44 heavy (non-hydrogen) atoms. The van der Waals surface area contributed by atoms with E-state index in [4.69, 9.17) is 0 Å². The lowest BCUT2D eigenvalue weighted by Crippen LogP contribution is -2.65. The molecule has 6 rings (SSSR count). The predicted octanol–water partition coefficient (Wildman–Crippen LogP) is 7.49. The summed E-state index contributed by atoms with van der Waals surface area (Å²) in [5.41, 5.74) is 0.143. The summed E-state index contributed by atoms with van der Waals surface area (Å²) in [6.45, 7) is 1.84. The van der Waals surface area contributed by atoms with Crippen molar-refractivity contribution >= 4 is 11.7 Å². The van der Waals surface area contributed by atoms with E-state index in [0.717, 1.165) is 22.3 Å². The zero-order valence-electron chi connectivity index (χ0n) is 24.5. The van der Waals surface area contributed by atoms with Gasteiger partial charge in [0.25, 0.3) is 5.91 Å². The second-order valence-corrected chi connectivity index (χ2v) is 13.1. The Hall–Kier alpha value is -3.33. The van der Waals surface area contributed by atoms with E-state index in [1.54, 1.807) is 30.3 Å². The van der Waals surface area contributed by atoms with Crippen molar-refractivity contribution in [2.24, 2.45) is 17.3 Å². The average molecular weight is 614 g/mol. The van der Waals surface area contributed by atoms with Crippen LogP contribution in [-0.2, 0) is 11.2 Å². The Labute approximate surface area is 253 Å². The molecule has 0 radical (unpaired) electrons. The lowest BCUT2D eigenvalue weighted by Gasteiger charge is -2.56. The van der Waals surface area contributed by atoms with Gasteiger partial charge in [-0.15, -0.1) is 0 Å². The van der Waals surface area contributed by atoms with E-state index in [9.17, 15) is 27.9 Å². The molecule has 0 aromatic heterocycles. The maximum absolute atomic E-state index is 15.2. The maximum Gasteiger partial charge on any atom is 0.456 e. The Morgan fingerprint density at radius 2 is 1.68 bits per heavy atom. The molecular formula is C35H36F5NO3. The number of allylic oxidation sites excluding steroid dienone is 4. The molecule has 5 atom stereocenters. The van der Waals surface area contributed by atoms with Crippen molar-refractivity contribution in [3.63, 3.8) is 0 Å². The lowest BCUT2D eigenvalue weighted by atomic mass is 9.50. The van der Waals surface area contributed by atoms with E-state index < -0.39 is 41.4 Å². The largest absolute Gasteiger partial charge is 0.456 e. The summed E-state index contributed by atoms with van der Waals surface area (Å²) in [6.07, 6.45) is -2.37. The minimum Gasteiger partial charge on any atom is -0.383 e. The second kappa shape index (κ2) is 10.9. The highest BCUT2D eigenvalue weighted by Gasteiger charge is 2.79. The van der Waals surface area contributed by atoms with Gasteiger partial charge in [-0.05, 0) is 97.3 Å². The van der Waals surface area contributed by atoms with Crippen LogP contribution >= 0.6 is 0 Å². The SMILES string of the molecule is CC12C[C@H](c3ccc(C(=O)NCCc4ccccc4)cc3)C3=C4CCC(=O)C=C4CCC3[C@@H]1CC[C@@]2(O)C(F)(F)C(F)(F)F. The van der Waals surface area contributed by atoms with E-state index in [1.807, 2.05) is 30.3 Å². The molecule has 4 aliphatic carbocycles. The van der Waals surface area contributed by atoms with Gasteiger partial charge in [0.15, 0.2) is 5.78 Å². The van der Waals surface area contributed by atoms with Crippen LogP contribution in [0.5, 0.6) is 0 Å². The number of fused-ring (bicyclic) bond motifs is 4. The third kappa shape index (κ3) is 4.82. The number of nitrogens with one attached hydrogen (secondary N) is 1. The summed E-state index contributed by atoms with van der Waals surface area (Å²) in [5.74, 6) is -6.92. The number of carbonyl (C=O) groups is 2. The van der Waals surface area contributed by atoms with Gasteiger partial charge in [-0.25, -0.2) is 0 Å². The minimum atomic E-state index is -5.89. The van der Waals surface area contributed by atoms with Crippen LogP contribution in [0, 0.1) is 17.3 Å². The fraction of sp³-hybridized carbons (Fsp3) is 0.486. The van der Waals surface area contributed by atoms with Crippen LogP contribution in [0.1, 0.15) is 79.3 Å². The first-order valence-corrected chi connectivity index (χ1v) is 15.3. The van der Waals surface area contributed by atoms with E-state index in [-0.39, 0.29) is 30.4 Å². The number of amides is 1. The second-order valence-electron chi connectivity index (χ2n) is 13.1. The van der Waals surface area contributed by atoms with Crippen LogP contribution in [0.15, 0.2) is 77.4 Å². The molecule has 2 N–H and O–H groups in total. The van der Waals surface area contributed by atoms with Crippen molar-refractivity contribution in [3.05, 3.63) is 94.1 Å². The zero-order valence-corrected chi connectivity index (χ0v) is 24.5. The van der Waals surface area contributed by atoms with Crippen LogP contribution in [-0.4, -0.2) is 41.0 Å². The van der Waals surface area contributed by atoms with Crippen molar-refractivity contribution in [3.8, 4) is 0 Å². The van der Waals surface area contributed by atoms with Crippen molar-refractivity contribution < 1.29 is 36.6 Å². The Bertz CT molecular complexity index is 1510. The van der Waals surface area contributed by atoms with Crippen molar-refractivity contribution in [2.75, 3.05) is 6.54 Å². The average Bonchev–Trinajstić information content (AvgIpc) is 3.27. The van der Waals surface area contributed by atoms with Crippen LogP contribution in [0.3, 0.4) is 0 Å². The number of hydrogen-bond acceptors (Lipinski definition) is 3. The quantitative estimate of drug-likeness (QED) is 0.332. The Balaban J connectivity index is 1.34. The monoisotopic (exact) mass is 613 g/mol. The molecule has 2 unspecified atom stereocenters. The van der Waals surface area contributed by atoms with Gasteiger partial charge in [-0.1, -0.05) is 55.0 Å². The summed E-state index contributed by atoms with van der Waals surface area (Å²) in [4.78, 5) is 25.1. The first-order chi connectivity index (χ1) is 20.8. The molecule has 4 nitrogen and oxygen atoms in total. The highest BCUT2D eigenvalue weighted by molar-refractivity contribution is 5.94. The summed E-state index contributed by atoms with van der Waals surface area (Å²) in [5, 5.41) is 14.3. The van der Waals surface area contributed by atoms with Gasteiger partial charge >= 0.3 is 12.1 Å². The van der Waals surface area contributed by atoms with Crippen molar-refractivity contribution in [1.82, 2.24) is 5.32 Å². The minimum absolute atomic E-state index is 0.0303. The van der Waals surface area contributed by atoms with Crippen LogP contribution in [0.4, 0.5) is 22.0 Å². The summed E-state index contributed by atoms with van der Waals surface area (Å²) >= 11 is 0. The number of carbonyl (C=O) groups excluding carboxylic acids is 2. The van der Waals surface area contributed by atoms with Crippen LogP contribution < -0.4 is 5.32 Å². The number of aliphatic hydroxyl groups is 1. The lowest BCUT2D eigenvalue weighted by molar-refractivity contribution is -0.362. The Morgan fingerprint density at radius 1 is 0.977 bits per heavy atom. The number of benzene rings is 2. The van der Waals surface area contributed by atoms with Crippen LogP contribution in [0.25, 0.3) is 0 Å². The highest BCUT2D eigenvalue weighted by atomic mass is 19.4. The third-order valence-corrected chi connectivity index (χ3v) is 10.9.